The summed E-state index contributed by atoms with van der Waals surface area (Å²) in [6.45, 7) is 4.18. The van der Waals surface area contributed by atoms with E-state index in [1.807, 2.05) is 18.2 Å². The topological polar surface area (TPSA) is 95.6 Å². The van der Waals surface area contributed by atoms with Crippen molar-refractivity contribution in [1.29, 1.82) is 0 Å². The van der Waals surface area contributed by atoms with E-state index in [-0.39, 0.29) is 28.8 Å². The lowest BCUT2D eigenvalue weighted by Gasteiger charge is -2.20. The van der Waals surface area contributed by atoms with E-state index in [0.717, 1.165) is 12.8 Å². The van der Waals surface area contributed by atoms with Gasteiger partial charge in [0.15, 0.2) is 0 Å². The van der Waals surface area contributed by atoms with E-state index in [1.165, 1.54) is 28.1 Å². The molecule has 2 amide bonds. The van der Waals surface area contributed by atoms with Crippen LogP contribution in [0.25, 0.3) is 0 Å². The molecule has 2 aliphatic rings. The summed E-state index contributed by atoms with van der Waals surface area (Å²) in [5.41, 5.74) is 1.66. The second-order valence-corrected chi connectivity index (χ2v) is 10.5. The van der Waals surface area contributed by atoms with Gasteiger partial charge in [0, 0.05) is 36.7 Å². The maximum Gasteiger partial charge on any atom is 0.251 e. The van der Waals surface area contributed by atoms with Gasteiger partial charge in [-0.3, -0.25) is 9.59 Å². The van der Waals surface area contributed by atoms with E-state index in [4.69, 9.17) is 0 Å². The number of hydrogen-bond acceptors (Lipinski definition) is 4. The van der Waals surface area contributed by atoms with Crippen molar-refractivity contribution >= 4 is 21.8 Å². The third kappa shape index (κ3) is 5.51. The summed E-state index contributed by atoms with van der Waals surface area (Å²) in [5, 5.41) is 5.88. The molecule has 2 fully saturated rings. The van der Waals surface area contributed by atoms with Crippen LogP contribution < -0.4 is 10.6 Å². The lowest BCUT2D eigenvalue weighted by Crippen LogP contribution is -2.36. The highest BCUT2D eigenvalue weighted by Gasteiger charge is 2.39. The van der Waals surface area contributed by atoms with Crippen LogP contribution in [0, 0.1) is 0 Å². The second-order valence-electron chi connectivity index (χ2n) is 8.60. The Morgan fingerprint density at radius 1 is 0.970 bits per heavy atom. The van der Waals surface area contributed by atoms with Crippen LogP contribution in [0.2, 0.25) is 0 Å². The fourth-order valence-electron chi connectivity index (χ4n) is 4.32. The SMILES string of the molecule is C=CC(=O)NC1CCCN(S(=O)(=O)c2ccc(C(=O)N[C@@H]3CC3c3ccccc3)cc2)CC1. The molecule has 3 atom stereocenters. The molecular weight excluding hydrogens is 438 g/mol. The normalized spacial score (nSPS) is 23.2. The molecule has 33 heavy (non-hydrogen) atoms. The minimum absolute atomic E-state index is 0.0658. The van der Waals surface area contributed by atoms with E-state index >= 15 is 0 Å². The van der Waals surface area contributed by atoms with E-state index < -0.39 is 10.0 Å². The monoisotopic (exact) mass is 467 g/mol. The highest BCUT2D eigenvalue weighted by atomic mass is 32.2. The molecule has 0 spiro atoms. The zero-order valence-corrected chi connectivity index (χ0v) is 19.3. The van der Waals surface area contributed by atoms with Crippen molar-refractivity contribution in [2.45, 2.75) is 48.6 Å². The summed E-state index contributed by atoms with van der Waals surface area (Å²) in [7, 11) is -3.67. The quantitative estimate of drug-likeness (QED) is 0.612. The summed E-state index contributed by atoms with van der Waals surface area (Å²) >= 11 is 0. The number of carbonyl (C=O) groups is 2. The van der Waals surface area contributed by atoms with Gasteiger partial charge in [0.25, 0.3) is 5.91 Å². The average Bonchev–Trinajstić information content (AvgIpc) is 3.63. The van der Waals surface area contributed by atoms with Gasteiger partial charge >= 0.3 is 0 Å². The lowest BCUT2D eigenvalue weighted by atomic mass is 10.1. The van der Waals surface area contributed by atoms with E-state index in [9.17, 15) is 18.0 Å². The van der Waals surface area contributed by atoms with Gasteiger partial charge < -0.3 is 10.6 Å². The molecule has 1 saturated heterocycles. The van der Waals surface area contributed by atoms with Gasteiger partial charge in [-0.2, -0.15) is 4.31 Å². The first-order valence-corrected chi connectivity index (χ1v) is 12.7. The third-order valence-electron chi connectivity index (χ3n) is 6.31. The third-order valence-corrected chi connectivity index (χ3v) is 8.22. The van der Waals surface area contributed by atoms with Gasteiger partial charge in [-0.05, 0) is 61.6 Å². The van der Waals surface area contributed by atoms with Crippen molar-refractivity contribution in [1.82, 2.24) is 14.9 Å². The molecule has 0 aromatic heterocycles. The fraction of sp³-hybridized carbons (Fsp3) is 0.360. The molecule has 1 saturated carbocycles. The van der Waals surface area contributed by atoms with Crippen LogP contribution in [0.4, 0.5) is 0 Å². The van der Waals surface area contributed by atoms with E-state index in [0.29, 0.717) is 37.4 Å². The molecule has 0 bridgehead atoms. The van der Waals surface area contributed by atoms with Crippen LogP contribution in [-0.4, -0.2) is 49.7 Å². The number of amides is 2. The Labute approximate surface area is 194 Å². The molecule has 4 rings (SSSR count). The summed E-state index contributed by atoms with van der Waals surface area (Å²) in [6.07, 6.45) is 4.05. The molecule has 8 heteroatoms. The predicted octanol–water partition coefficient (Wildman–Crippen LogP) is 2.82. The Kier molecular flexibility index (Phi) is 6.95. The fourth-order valence-corrected chi connectivity index (χ4v) is 5.81. The summed E-state index contributed by atoms with van der Waals surface area (Å²) in [5.74, 6) is -0.109. The van der Waals surface area contributed by atoms with Gasteiger partial charge in [0.1, 0.15) is 0 Å². The molecule has 1 aliphatic heterocycles. The number of carbonyl (C=O) groups excluding carboxylic acids is 2. The average molecular weight is 468 g/mol. The maximum atomic E-state index is 13.1. The lowest BCUT2D eigenvalue weighted by molar-refractivity contribution is -0.117. The Hall–Kier alpha value is -2.97. The predicted molar refractivity (Wildman–Crippen MR) is 126 cm³/mol. The molecule has 2 aromatic carbocycles. The van der Waals surface area contributed by atoms with Crippen LogP contribution >= 0.6 is 0 Å². The van der Waals surface area contributed by atoms with Gasteiger partial charge in [0.2, 0.25) is 15.9 Å². The first-order valence-electron chi connectivity index (χ1n) is 11.3. The highest BCUT2D eigenvalue weighted by Crippen LogP contribution is 2.40. The zero-order chi connectivity index (χ0) is 23.4. The largest absolute Gasteiger partial charge is 0.350 e. The molecule has 1 heterocycles. The van der Waals surface area contributed by atoms with Crippen molar-refractivity contribution in [3.63, 3.8) is 0 Å². The van der Waals surface area contributed by atoms with Crippen molar-refractivity contribution in [2.24, 2.45) is 0 Å². The number of sulfonamides is 1. The van der Waals surface area contributed by atoms with Crippen LogP contribution in [-0.2, 0) is 14.8 Å². The van der Waals surface area contributed by atoms with Crippen LogP contribution in [0.15, 0.2) is 72.1 Å². The molecule has 7 nitrogen and oxygen atoms in total. The summed E-state index contributed by atoms with van der Waals surface area (Å²) in [6, 6.07) is 16.2. The van der Waals surface area contributed by atoms with Gasteiger partial charge in [0.05, 0.1) is 4.90 Å². The van der Waals surface area contributed by atoms with Crippen LogP contribution in [0.1, 0.15) is 47.5 Å². The first kappa shape index (κ1) is 23.2. The maximum absolute atomic E-state index is 13.1. The van der Waals surface area contributed by atoms with Crippen molar-refractivity contribution in [2.75, 3.05) is 13.1 Å². The van der Waals surface area contributed by atoms with Gasteiger partial charge in [-0.1, -0.05) is 36.9 Å². The molecule has 174 valence electrons. The summed E-state index contributed by atoms with van der Waals surface area (Å²) < 4.78 is 27.7. The van der Waals surface area contributed by atoms with Crippen molar-refractivity contribution < 1.29 is 18.0 Å². The van der Waals surface area contributed by atoms with E-state index in [1.54, 1.807) is 12.1 Å². The minimum atomic E-state index is -3.67. The Bertz CT molecular complexity index is 1120. The molecule has 2 aromatic rings. The van der Waals surface area contributed by atoms with Gasteiger partial charge in [-0.25, -0.2) is 8.42 Å². The number of nitrogens with one attached hydrogen (secondary N) is 2. The number of hydrogen-bond donors (Lipinski definition) is 2. The van der Waals surface area contributed by atoms with Gasteiger partial charge in [-0.15, -0.1) is 0 Å². The van der Waals surface area contributed by atoms with E-state index in [2.05, 4.69) is 29.3 Å². The molecule has 1 aliphatic carbocycles. The standard InChI is InChI=1S/C25H29N3O4S/c1-2-24(29)26-20-9-6-15-28(16-14-20)33(31,32)21-12-10-19(11-13-21)25(30)27-23-17-22(23)18-7-4-3-5-8-18/h2-5,7-8,10-13,20,22-23H,1,6,9,14-17H2,(H,26,29)(H,27,30)/t20?,22?,23-/m1/s1. The Morgan fingerprint density at radius 2 is 1.70 bits per heavy atom. The minimum Gasteiger partial charge on any atom is -0.350 e. The smallest absolute Gasteiger partial charge is 0.251 e. The first-order chi connectivity index (χ1) is 15.9. The van der Waals surface area contributed by atoms with Crippen molar-refractivity contribution in [3.05, 3.63) is 78.4 Å². The number of rotatable bonds is 7. The second kappa shape index (κ2) is 9.89. The number of benzene rings is 2. The van der Waals surface area contributed by atoms with Crippen molar-refractivity contribution in [3.8, 4) is 0 Å². The molecule has 2 unspecified atom stereocenters. The molecule has 2 N–H and O–H groups in total. The zero-order valence-electron chi connectivity index (χ0n) is 18.4. The van der Waals surface area contributed by atoms with Crippen LogP contribution in [0.3, 0.4) is 0 Å². The Morgan fingerprint density at radius 3 is 2.39 bits per heavy atom. The summed E-state index contributed by atoms with van der Waals surface area (Å²) in [4.78, 5) is 24.3. The van der Waals surface area contributed by atoms with Crippen LogP contribution in [0.5, 0.6) is 0 Å². The molecular formula is C25H29N3O4S. The Balaban J connectivity index is 1.35. The number of nitrogens with zero attached hydrogens (tertiary/aromatic N) is 1. The highest BCUT2D eigenvalue weighted by molar-refractivity contribution is 7.89. The molecule has 0 radical (unpaired) electrons.